The Bertz CT molecular complexity index is 765. The van der Waals surface area contributed by atoms with E-state index in [1.807, 2.05) is 24.3 Å². The van der Waals surface area contributed by atoms with Gasteiger partial charge < -0.3 is 24.7 Å². The van der Waals surface area contributed by atoms with Gasteiger partial charge in [-0.05, 0) is 22.0 Å². The molecule has 2 aromatic rings. The van der Waals surface area contributed by atoms with Gasteiger partial charge in [0.1, 0.15) is 11.5 Å². The molecular weight excluding hydrogens is 378 g/mol. The van der Waals surface area contributed by atoms with Gasteiger partial charge in [0, 0.05) is 25.3 Å². The third-order valence-corrected chi connectivity index (χ3v) is 5.02. The zero-order valence-electron chi connectivity index (χ0n) is 19.7. The summed E-state index contributed by atoms with van der Waals surface area (Å²) < 4.78 is 22.5. The third-order valence-electron chi connectivity index (χ3n) is 5.02. The molecule has 0 amide bonds. The van der Waals surface area contributed by atoms with Gasteiger partial charge in [-0.3, -0.25) is 0 Å². The van der Waals surface area contributed by atoms with Crippen LogP contribution in [0.3, 0.4) is 0 Å². The maximum absolute atomic E-state index is 6.84. The average molecular weight is 416 g/mol. The summed E-state index contributed by atoms with van der Waals surface area (Å²) in [4.78, 5) is 0. The lowest BCUT2D eigenvalue weighted by molar-refractivity contribution is 0.0480. The van der Waals surface area contributed by atoms with Crippen LogP contribution in [0.2, 0.25) is 0 Å². The van der Waals surface area contributed by atoms with E-state index in [1.165, 1.54) is 0 Å². The molecule has 0 bridgehead atoms. The lowest BCUT2D eigenvalue weighted by Crippen LogP contribution is -2.22. The van der Waals surface area contributed by atoms with Crippen LogP contribution in [-0.4, -0.2) is 27.8 Å². The number of hydrogen-bond acceptors (Lipinski definition) is 5. The maximum atomic E-state index is 6.84. The Hall–Kier alpha value is -2.08. The molecule has 0 aliphatic carbocycles. The molecule has 166 valence electrons. The molecule has 5 nitrogen and oxygen atoms in total. The van der Waals surface area contributed by atoms with E-state index in [1.54, 1.807) is 14.2 Å². The topological polar surface area (TPSA) is 62.9 Å². The van der Waals surface area contributed by atoms with E-state index >= 15 is 0 Å². The Kier molecular flexibility index (Phi) is 7.92. The van der Waals surface area contributed by atoms with Crippen molar-refractivity contribution < 1.29 is 18.9 Å². The van der Waals surface area contributed by atoms with Gasteiger partial charge in [-0.1, -0.05) is 77.9 Å². The van der Waals surface area contributed by atoms with Gasteiger partial charge in [0.2, 0.25) is 0 Å². The number of para-hydroxylation sites is 2. The highest BCUT2D eigenvalue weighted by Crippen LogP contribution is 2.42. The quantitative estimate of drug-likeness (QED) is 0.593. The second-order valence-electron chi connectivity index (χ2n) is 9.53. The zero-order valence-corrected chi connectivity index (χ0v) is 19.7. The van der Waals surface area contributed by atoms with Crippen LogP contribution >= 0.6 is 0 Å². The first-order chi connectivity index (χ1) is 14.0. The predicted molar refractivity (Wildman–Crippen MR) is 121 cm³/mol. The highest BCUT2D eigenvalue weighted by molar-refractivity contribution is 5.54. The van der Waals surface area contributed by atoms with Crippen molar-refractivity contribution in [1.29, 1.82) is 0 Å². The number of benzene rings is 2. The number of methoxy groups -OCH3 is 2. The summed E-state index contributed by atoms with van der Waals surface area (Å²) in [5.41, 5.74) is 10.6. The predicted octanol–water partition coefficient (Wildman–Crippen LogP) is 5.30. The lowest BCUT2D eigenvalue weighted by Gasteiger charge is -2.29. The molecule has 0 saturated carbocycles. The summed E-state index contributed by atoms with van der Waals surface area (Å²) >= 11 is 0. The van der Waals surface area contributed by atoms with Crippen LogP contribution in [0.4, 0.5) is 0 Å². The Morgan fingerprint density at radius 1 is 0.700 bits per heavy atom. The molecule has 2 rings (SSSR count). The van der Waals surface area contributed by atoms with E-state index < -0.39 is 6.04 Å². The minimum Gasteiger partial charge on any atom is -0.467 e. The molecule has 0 heterocycles. The summed E-state index contributed by atoms with van der Waals surface area (Å²) in [5, 5.41) is 0. The van der Waals surface area contributed by atoms with Gasteiger partial charge >= 0.3 is 0 Å². The summed E-state index contributed by atoms with van der Waals surface area (Å²) in [7, 11) is 3.23. The highest BCUT2D eigenvalue weighted by atomic mass is 16.7. The molecule has 5 heteroatoms. The Balaban J connectivity index is 2.67. The van der Waals surface area contributed by atoms with Gasteiger partial charge in [-0.15, -0.1) is 0 Å². The minimum absolute atomic E-state index is 0.110. The molecule has 30 heavy (non-hydrogen) atoms. The van der Waals surface area contributed by atoms with Crippen molar-refractivity contribution in [2.45, 2.75) is 58.4 Å². The van der Waals surface area contributed by atoms with Crippen LogP contribution in [0.1, 0.15) is 69.8 Å². The molecule has 0 radical (unpaired) electrons. The number of nitrogens with two attached hydrogens (primary N) is 1. The van der Waals surface area contributed by atoms with Crippen LogP contribution in [0.25, 0.3) is 0 Å². The van der Waals surface area contributed by atoms with E-state index in [2.05, 4.69) is 53.7 Å². The second-order valence-corrected chi connectivity index (χ2v) is 9.53. The Labute approximate surface area is 181 Å². The normalized spacial score (nSPS) is 12.3. The smallest absolute Gasteiger partial charge is 0.188 e. The molecular formula is C25H37NO4. The first-order valence-electron chi connectivity index (χ1n) is 10.3. The van der Waals surface area contributed by atoms with E-state index in [9.17, 15) is 0 Å². The number of hydrogen-bond donors (Lipinski definition) is 1. The fraction of sp³-hybridized carbons (Fsp3) is 0.520. The van der Waals surface area contributed by atoms with Crippen molar-refractivity contribution in [3.63, 3.8) is 0 Å². The second kappa shape index (κ2) is 9.82. The fourth-order valence-corrected chi connectivity index (χ4v) is 3.51. The molecule has 0 unspecified atom stereocenters. The van der Waals surface area contributed by atoms with Crippen molar-refractivity contribution in [1.82, 2.24) is 0 Å². The number of ether oxygens (including phenoxy) is 4. The monoisotopic (exact) mass is 415 g/mol. The third kappa shape index (κ3) is 5.54. The van der Waals surface area contributed by atoms with Crippen molar-refractivity contribution in [3.8, 4) is 11.5 Å². The van der Waals surface area contributed by atoms with Crippen molar-refractivity contribution in [2.24, 2.45) is 5.73 Å². The van der Waals surface area contributed by atoms with Crippen LogP contribution < -0.4 is 15.2 Å². The maximum Gasteiger partial charge on any atom is 0.188 e. The van der Waals surface area contributed by atoms with Crippen LogP contribution in [0.5, 0.6) is 11.5 Å². The lowest BCUT2D eigenvalue weighted by atomic mass is 9.81. The summed E-state index contributed by atoms with van der Waals surface area (Å²) in [6, 6.07) is 11.8. The van der Waals surface area contributed by atoms with Crippen molar-refractivity contribution >= 4 is 0 Å². The Morgan fingerprint density at radius 2 is 1.07 bits per heavy atom. The van der Waals surface area contributed by atoms with Gasteiger partial charge in [0.15, 0.2) is 13.6 Å². The average Bonchev–Trinajstić information content (AvgIpc) is 2.68. The number of rotatable bonds is 8. The largest absolute Gasteiger partial charge is 0.467 e. The van der Waals surface area contributed by atoms with Crippen LogP contribution in [0, 0.1) is 0 Å². The van der Waals surface area contributed by atoms with E-state index in [4.69, 9.17) is 24.7 Å². The summed E-state index contributed by atoms with van der Waals surface area (Å²) in [5.74, 6) is 1.52. The molecule has 0 saturated heterocycles. The van der Waals surface area contributed by atoms with Gasteiger partial charge in [0.05, 0.1) is 6.04 Å². The van der Waals surface area contributed by atoms with Crippen LogP contribution in [0.15, 0.2) is 36.4 Å². The molecule has 0 spiro atoms. The van der Waals surface area contributed by atoms with Gasteiger partial charge in [-0.25, -0.2) is 0 Å². The fourth-order valence-electron chi connectivity index (χ4n) is 3.51. The summed E-state index contributed by atoms with van der Waals surface area (Å²) in [6.07, 6.45) is 0. The molecule has 0 aromatic heterocycles. The van der Waals surface area contributed by atoms with Crippen LogP contribution in [-0.2, 0) is 20.3 Å². The molecule has 0 fully saturated rings. The van der Waals surface area contributed by atoms with E-state index in [0.717, 1.165) is 33.8 Å². The molecule has 0 aliphatic rings. The molecule has 2 aromatic carbocycles. The Morgan fingerprint density at radius 3 is 1.37 bits per heavy atom. The van der Waals surface area contributed by atoms with Crippen molar-refractivity contribution in [3.05, 3.63) is 58.7 Å². The minimum atomic E-state index is -0.437. The van der Waals surface area contributed by atoms with E-state index in [-0.39, 0.29) is 24.4 Å². The first-order valence-corrected chi connectivity index (χ1v) is 10.3. The molecule has 0 atom stereocenters. The van der Waals surface area contributed by atoms with Gasteiger partial charge in [-0.2, -0.15) is 0 Å². The van der Waals surface area contributed by atoms with Gasteiger partial charge in [0.25, 0.3) is 0 Å². The standard InChI is InChI=1S/C25H37NO4/c1-24(2,3)19-13-9-11-17(22(19)29-15-27-7)21(26)18-12-10-14-20(25(4,5)6)23(18)30-16-28-8/h9-14,21H,15-16,26H2,1-8H3. The highest BCUT2D eigenvalue weighted by Gasteiger charge is 2.28. The molecule has 2 N–H and O–H groups in total. The summed E-state index contributed by atoms with van der Waals surface area (Å²) in [6.45, 7) is 13.3. The molecule has 0 aliphatic heterocycles. The van der Waals surface area contributed by atoms with E-state index in [0.29, 0.717) is 0 Å². The van der Waals surface area contributed by atoms with Crippen molar-refractivity contribution in [2.75, 3.05) is 27.8 Å². The zero-order chi connectivity index (χ0) is 22.5. The SMILES string of the molecule is COCOc1c(C(N)c2cccc(C(C)(C)C)c2OCOC)cccc1C(C)(C)C. The first kappa shape index (κ1) is 24.2.